The topological polar surface area (TPSA) is 68.3 Å². The maximum absolute atomic E-state index is 11.6. The Morgan fingerprint density at radius 3 is 2.76 bits per heavy atom. The van der Waals surface area contributed by atoms with Crippen LogP contribution in [0.5, 0.6) is 0 Å². The zero-order chi connectivity index (χ0) is 14.9. The number of pyridine rings is 1. The van der Waals surface area contributed by atoms with E-state index in [9.17, 15) is 9.59 Å². The number of amides is 1. The first-order chi connectivity index (χ1) is 10.3. The van der Waals surface area contributed by atoms with Crippen molar-refractivity contribution in [1.29, 1.82) is 0 Å². The van der Waals surface area contributed by atoms with Gasteiger partial charge in [-0.2, -0.15) is 0 Å². The molecule has 5 nitrogen and oxygen atoms in total. The number of hydrogen-bond donors (Lipinski definition) is 1. The van der Waals surface area contributed by atoms with E-state index in [2.05, 4.69) is 10.3 Å². The van der Waals surface area contributed by atoms with Crippen LogP contribution in [0.4, 0.5) is 0 Å². The fourth-order valence-electron chi connectivity index (χ4n) is 1.67. The van der Waals surface area contributed by atoms with Gasteiger partial charge in [-0.3, -0.25) is 14.6 Å². The molecule has 2 aromatic rings. The van der Waals surface area contributed by atoms with Crippen LogP contribution in [0.25, 0.3) is 0 Å². The molecular formula is C15H16N2O3S. The molecule has 0 aromatic carbocycles. The van der Waals surface area contributed by atoms with Crippen LogP contribution in [0.3, 0.4) is 0 Å². The summed E-state index contributed by atoms with van der Waals surface area (Å²) in [4.78, 5) is 27.8. The normalized spacial score (nSPS) is 10.1. The summed E-state index contributed by atoms with van der Waals surface area (Å²) in [6, 6.07) is 7.17. The van der Waals surface area contributed by atoms with Crippen molar-refractivity contribution in [3.05, 3.63) is 52.5 Å². The third kappa shape index (κ3) is 5.35. The highest BCUT2D eigenvalue weighted by Gasteiger charge is 2.06. The molecule has 0 saturated carbocycles. The molecular weight excluding hydrogens is 288 g/mol. The average molecular weight is 304 g/mol. The van der Waals surface area contributed by atoms with Crippen LogP contribution >= 0.6 is 11.3 Å². The zero-order valence-electron chi connectivity index (χ0n) is 11.5. The highest BCUT2D eigenvalue weighted by molar-refractivity contribution is 7.12. The lowest BCUT2D eigenvalue weighted by Crippen LogP contribution is -2.24. The van der Waals surface area contributed by atoms with E-state index in [-0.39, 0.29) is 18.3 Å². The minimum atomic E-state index is -0.272. The van der Waals surface area contributed by atoms with Gasteiger partial charge in [0, 0.05) is 18.9 Å². The number of thiophene rings is 1. The summed E-state index contributed by atoms with van der Waals surface area (Å²) in [7, 11) is 0. The highest BCUT2D eigenvalue weighted by atomic mass is 32.1. The molecule has 0 saturated heterocycles. The van der Waals surface area contributed by atoms with Crippen LogP contribution in [-0.2, 0) is 16.0 Å². The van der Waals surface area contributed by atoms with E-state index in [0.717, 1.165) is 5.56 Å². The van der Waals surface area contributed by atoms with Crippen molar-refractivity contribution < 1.29 is 14.3 Å². The maximum Gasteiger partial charge on any atom is 0.310 e. The van der Waals surface area contributed by atoms with Crippen LogP contribution < -0.4 is 5.32 Å². The largest absolute Gasteiger partial charge is 0.465 e. The SMILES string of the molecule is O=C(Cc1ccncc1)OCCCNC(=O)c1cccs1. The van der Waals surface area contributed by atoms with Crippen LogP contribution in [0.15, 0.2) is 42.0 Å². The number of aromatic nitrogens is 1. The van der Waals surface area contributed by atoms with Crippen LogP contribution in [0.2, 0.25) is 0 Å². The highest BCUT2D eigenvalue weighted by Crippen LogP contribution is 2.07. The number of ether oxygens (including phenoxy) is 1. The van der Waals surface area contributed by atoms with Crippen LogP contribution in [-0.4, -0.2) is 30.0 Å². The molecule has 6 heteroatoms. The maximum atomic E-state index is 11.6. The van der Waals surface area contributed by atoms with Crippen molar-refractivity contribution in [2.45, 2.75) is 12.8 Å². The second-order valence-electron chi connectivity index (χ2n) is 4.34. The Hall–Kier alpha value is -2.21. The van der Waals surface area contributed by atoms with Crippen molar-refractivity contribution in [2.75, 3.05) is 13.2 Å². The van der Waals surface area contributed by atoms with Crippen molar-refractivity contribution in [3.8, 4) is 0 Å². The lowest BCUT2D eigenvalue weighted by atomic mass is 10.2. The summed E-state index contributed by atoms with van der Waals surface area (Å²) in [6.45, 7) is 0.786. The molecule has 2 aromatic heterocycles. The van der Waals surface area contributed by atoms with Gasteiger partial charge >= 0.3 is 5.97 Å². The fraction of sp³-hybridized carbons (Fsp3) is 0.267. The smallest absolute Gasteiger partial charge is 0.310 e. The molecule has 110 valence electrons. The van der Waals surface area contributed by atoms with Gasteiger partial charge in [-0.15, -0.1) is 11.3 Å². The molecule has 0 aliphatic heterocycles. The first kappa shape index (κ1) is 15.2. The number of nitrogens with one attached hydrogen (secondary N) is 1. The van der Waals surface area contributed by atoms with Gasteiger partial charge in [0.1, 0.15) is 0 Å². The lowest BCUT2D eigenvalue weighted by Gasteiger charge is -2.06. The van der Waals surface area contributed by atoms with E-state index in [4.69, 9.17) is 4.74 Å². The van der Waals surface area contributed by atoms with Crippen molar-refractivity contribution >= 4 is 23.2 Å². The first-order valence-electron chi connectivity index (χ1n) is 6.62. The van der Waals surface area contributed by atoms with Crippen molar-refractivity contribution in [1.82, 2.24) is 10.3 Å². The Morgan fingerprint density at radius 1 is 1.24 bits per heavy atom. The van der Waals surface area contributed by atoms with Crippen LogP contribution in [0, 0.1) is 0 Å². The van der Waals surface area contributed by atoms with Gasteiger partial charge in [0.2, 0.25) is 0 Å². The molecule has 2 rings (SSSR count). The summed E-state index contributed by atoms with van der Waals surface area (Å²) in [6.07, 6.45) is 4.12. The molecule has 0 atom stereocenters. The zero-order valence-corrected chi connectivity index (χ0v) is 12.3. The van der Waals surface area contributed by atoms with E-state index >= 15 is 0 Å². The van der Waals surface area contributed by atoms with Gasteiger partial charge in [0.15, 0.2) is 0 Å². The van der Waals surface area contributed by atoms with E-state index in [1.807, 2.05) is 11.4 Å². The van der Waals surface area contributed by atoms with Gasteiger partial charge < -0.3 is 10.1 Å². The fourth-order valence-corrected chi connectivity index (χ4v) is 2.31. The Balaban J connectivity index is 1.57. The average Bonchev–Trinajstić information content (AvgIpc) is 3.02. The van der Waals surface area contributed by atoms with Gasteiger partial charge in [-0.1, -0.05) is 6.07 Å². The van der Waals surface area contributed by atoms with Gasteiger partial charge in [-0.25, -0.2) is 0 Å². The van der Waals surface area contributed by atoms with Crippen molar-refractivity contribution in [2.24, 2.45) is 0 Å². The molecule has 0 aliphatic carbocycles. The second-order valence-corrected chi connectivity index (χ2v) is 5.29. The van der Waals surface area contributed by atoms with E-state index in [1.165, 1.54) is 11.3 Å². The second kappa shape index (κ2) is 8.16. The first-order valence-corrected chi connectivity index (χ1v) is 7.50. The molecule has 0 spiro atoms. The number of esters is 1. The van der Waals surface area contributed by atoms with Gasteiger partial charge in [-0.05, 0) is 35.6 Å². The number of carbonyl (C=O) groups is 2. The molecule has 21 heavy (non-hydrogen) atoms. The quantitative estimate of drug-likeness (QED) is 0.628. The van der Waals surface area contributed by atoms with E-state index in [1.54, 1.807) is 30.6 Å². The molecule has 0 radical (unpaired) electrons. The standard InChI is InChI=1S/C15H16N2O3S/c18-14(11-12-4-7-16-8-5-12)20-9-2-6-17-15(19)13-3-1-10-21-13/h1,3-5,7-8,10H,2,6,9,11H2,(H,17,19). The minimum absolute atomic E-state index is 0.0897. The molecule has 0 bridgehead atoms. The monoisotopic (exact) mass is 304 g/mol. The number of rotatable bonds is 7. The van der Waals surface area contributed by atoms with E-state index < -0.39 is 0 Å². The molecule has 0 unspecified atom stereocenters. The summed E-state index contributed by atoms with van der Waals surface area (Å²) in [5.74, 6) is -0.362. The minimum Gasteiger partial charge on any atom is -0.465 e. The molecule has 0 aliphatic rings. The van der Waals surface area contributed by atoms with Gasteiger partial charge in [0.25, 0.3) is 5.91 Å². The Morgan fingerprint density at radius 2 is 2.05 bits per heavy atom. The number of nitrogens with zero attached hydrogens (tertiary/aromatic N) is 1. The van der Waals surface area contributed by atoms with Crippen LogP contribution in [0.1, 0.15) is 21.7 Å². The summed E-state index contributed by atoms with van der Waals surface area (Å²) < 4.78 is 5.11. The lowest BCUT2D eigenvalue weighted by molar-refractivity contribution is -0.142. The third-order valence-electron chi connectivity index (χ3n) is 2.71. The Kier molecular flexibility index (Phi) is 5.90. The molecule has 1 N–H and O–H groups in total. The summed E-state index contributed by atoms with van der Waals surface area (Å²) in [5.41, 5.74) is 0.876. The van der Waals surface area contributed by atoms with Crippen molar-refractivity contribution in [3.63, 3.8) is 0 Å². The molecule has 0 fully saturated rings. The molecule has 2 heterocycles. The Bertz CT molecular complexity index is 570. The van der Waals surface area contributed by atoms with E-state index in [0.29, 0.717) is 24.4 Å². The predicted molar refractivity (Wildman–Crippen MR) is 80.2 cm³/mol. The Labute approximate surface area is 127 Å². The summed E-state index contributed by atoms with van der Waals surface area (Å²) in [5, 5.41) is 4.64. The van der Waals surface area contributed by atoms with Gasteiger partial charge in [0.05, 0.1) is 17.9 Å². The number of carbonyl (C=O) groups excluding carboxylic acids is 2. The summed E-state index contributed by atoms with van der Waals surface area (Å²) >= 11 is 1.40. The number of hydrogen-bond acceptors (Lipinski definition) is 5. The predicted octanol–water partition coefficient (Wildman–Crippen LogP) is 2.05. The third-order valence-corrected chi connectivity index (χ3v) is 3.58. The molecule has 1 amide bonds.